The standard InChI is InChI=1S/C17H23NO/c1-12-6-8-13(9-7-12)17(19)14-10-15-4-3-5-16(11-14)18(15)2/h6-9,14-16H,3-5,10-11H2,1-2H3. The molecule has 0 radical (unpaired) electrons. The van der Waals surface area contributed by atoms with Gasteiger partial charge in [0, 0.05) is 23.6 Å². The maximum absolute atomic E-state index is 12.6. The number of benzene rings is 1. The number of carbonyl (C=O) groups is 1. The number of carbonyl (C=O) groups excluding carboxylic acids is 1. The van der Waals surface area contributed by atoms with Gasteiger partial charge in [-0.25, -0.2) is 0 Å². The highest BCUT2D eigenvalue weighted by molar-refractivity contribution is 5.98. The van der Waals surface area contributed by atoms with E-state index < -0.39 is 0 Å². The average molecular weight is 257 g/mol. The third-order valence-electron chi connectivity index (χ3n) is 5.05. The number of rotatable bonds is 2. The summed E-state index contributed by atoms with van der Waals surface area (Å²) in [6.45, 7) is 2.06. The number of fused-ring (bicyclic) bond motifs is 2. The van der Waals surface area contributed by atoms with Crippen molar-refractivity contribution in [3.05, 3.63) is 35.4 Å². The van der Waals surface area contributed by atoms with Crippen molar-refractivity contribution in [1.29, 1.82) is 0 Å². The third-order valence-corrected chi connectivity index (χ3v) is 5.05. The fourth-order valence-corrected chi connectivity index (χ4v) is 3.78. The average Bonchev–Trinajstić information content (AvgIpc) is 2.38. The Kier molecular flexibility index (Phi) is 3.44. The summed E-state index contributed by atoms with van der Waals surface area (Å²) in [7, 11) is 2.24. The minimum atomic E-state index is 0.245. The molecule has 3 rings (SSSR count). The van der Waals surface area contributed by atoms with Crippen molar-refractivity contribution < 1.29 is 4.79 Å². The Balaban J connectivity index is 1.76. The van der Waals surface area contributed by atoms with Crippen molar-refractivity contribution >= 4 is 5.78 Å². The van der Waals surface area contributed by atoms with Crippen LogP contribution >= 0.6 is 0 Å². The number of ketones is 1. The zero-order valence-corrected chi connectivity index (χ0v) is 11.9. The van der Waals surface area contributed by atoms with Crippen LogP contribution < -0.4 is 0 Å². The number of hydrogen-bond donors (Lipinski definition) is 0. The molecular formula is C17H23NO. The van der Waals surface area contributed by atoms with Gasteiger partial charge in [-0.05, 0) is 39.7 Å². The van der Waals surface area contributed by atoms with Gasteiger partial charge in [0.15, 0.2) is 5.78 Å². The predicted molar refractivity (Wildman–Crippen MR) is 77.4 cm³/mol. The Hall–Kier alpha value is -1.15. The molecule has 1 aromatic rings. The molecule has 2 heterocycles. The van der Waals surface area contributed by atoms with E-state index in [1.807, 2.05) is 24.3 Å². The molecule has 0 saturated carbocycles. The van der Waals surface area contributed by atoms with Gasteiger partial charge >= 0.3 is 0 Å². The van der Waals surface area contributed by atoms with Crippen LogP contribution in [0.5, 0.6) is 0 Å². The number of piperidine rings is 2. The highest BCUT2D eigenvalue weighted by atomic mass is 16.1. The first kappa shape index (κ1) is 12.9. The van der Waals surface area contributed by atoms with Crippen LogP contribution in [0.4, 0.5) is 0 Å². The lowest BCUT2D eigenvalue weighted by atomic mass is 9.76. The van der Waals surface area contributed by atoms with E-state index in [4.69, 9.17) is 0 Å². The van der Waals surface area contributed by atoms with Gasteiger partial charge in [-0.2, -0.15) is 0 Å². The minimum absolute atomic E-state index is 0.245. The summed E-state index contributed by atoms with van der Waals surface area (Å²) in [4.78, 5) is 15.1. The second-order valence-corrected chi connectivity index (χ2v) is 6.30. The lowest BCUT2D eigenvalue weighted by Gasteiger charge is -2.46. The van der Waals surface area contributed by atoms with Gasteiger partial charge in [-0.15, -0.1) is 0 Å². The Morgan fingerprint density at radius 2 is 1.68 bits per heavy atom. The molecule has 0 spiro atoms. The summed E-state index contributed by atoms with van der Waals surface area (Å²) in [6.07, 6.45) is 5.99. The van der Waals surface area contributed by atoms with Crippen LogP contribution in [0, 0.1) is 12.8 Å². The van der Waals surface area contributed by atoms with Crippen molar-refractivity contribution in [2.45, 2.75) is 51.1 Å². The second kappa shape index (κ2) is 5.09. The van der Waals surface area contributed by atoms with Crippen LogP contribution in [-0.4, -0.2) is 29.8 Å². The first-order valence-corrected chi connectivity index (χ1v) is 7.48. The van der Waals surface area contributed by atoms with E-state index in [-0.39, 0.29) is 5.92 Å². The first-order chi connectivity index (χ1) is 9.15. The molecule has 2 nitrogen and oxygen atoms in total. The van der Waals surface area contributed by atoms with Gasteiger partial charge in [0.05, 0.1) is 0 Å². The Bertz CT molecular complexity index is 451. The molecule has 102 valence electrons. The zero-order valence-electron chi connectivity index (χ0n) is 11.9. The fraction of sp³-hybridized carbons (Fsp3) is 0.588. The molecule has 2 saturated heterocycles. The van der Waals surface area contributed by atoms with Gasteiger partial charge < -0.3 is 4.90 Å². The van der Waals surface area contributed by atoms with Crippen molar-refractivity contribution in [1.82, 2.24) is 4.90 Å². The lowest BCUT2D eigenvalue weighted by Crippen LogP contribution is -2.51. The molecule has 2 aliphatic rings. The maximum Gasteiger partial charge on any atom is 0.166 e. The summed E-state index contributed by atoms with van der Waals surface area (Å²) in [5.74, 6) is 0.610. The molecule has 2 aliphatic heterocycles. The van der Waals surface area contributed by atoms with Crippen molar-refractivity contribution in [3.8, 4) is 0 Å². The predicted octanol–water partition coefficient (Wildman–Crippen LogP) is 3.44. The molecule has 0 aromatic heterocycles. The second-order valence-electron chi connectivity index (χ2n) is 6.30. The molecule has 0 N–H and O–H groups in total. The van der Waals surface area contributed by atoms with Crippen molar-refractivity contribution in [2.75, 3.05) is 7.05 Å². The topological polar surface area (TPSA) is 20.3 Å². The van der Waals surface area contributed by atoms with Gasteiger partial charge in [-0.3, -0.25) is 4.79 Å². The Morgan fingerprint density at radius 1 is 1.11 bits per heavy atom. The van der Waals surface area contributed by atoms with Crippen LogP contribution in [-0.2, 0) is 0 Å². The smallest absolute Gasteiger partial charge is 0.166 e. The van der Waals surface area contributed by atoms with Crippen LogP contribution in [0.25, 0.3) is 0 Å². The Morgan fingerprint density at radius 3 is 2.26 bits per heavy atom. The molecule has 2 bridgehead atoms. The summed E-state index contributed by atoms with van der Waals surface area (Å²) in [5, 5.41) is 0. The largest absolute Gasteiger partial charge is 0.300 e. The summed E-state index contributed by atoms with van der Waals surface area (Å²) in [5.41, 5.74) is 2.12. The summed E-state index contributed by atoms with van der Waals surface area (Å²) >= 11 is 0. The van der Waals surface area contributed by atoms with E-state index in [2.05, 4.69) is 18.9 Å². The van der Waals surface area contributed by atoms with Gasteiger partial charge in [0.25, 0.3) is 0 Å². The fourth-order valence-electron chi connectivity index (χ4n) is 3.78. The molecule has 1 aromatic carbocycles. The van der Waals surface area contributed by atoms with Crippen LogP contribution in [0.2, 0.25) is 0 Å². The first-order valence-electron chi connectivity index (χ1n) is 7.48. The molecule has 2 atom stereocenters. The molecule has 2 unspecified atom stereocenters. The normalized spacial score (nSPS) is 31.2. The maximum atomic E-state index is 12.6. The number of Topliss-reactive ketones (excluding diaryl/α,β-unsaturated/α-hetero) is 1. The van der Waals surface area contributed by atoms with Gasteiger partial charge in [0.2, 0.25) is 0 Å². The molecule has 0 amide bonds. The van der Waals surface area contributed by atoms with Crippen LogP contribution in [0.3, 0.4) is 0 Å². The summed E-state index contributed by atoms with van der Waals surface area (Å²) < 4.78 is 0. The third kappa shape index (κ3) is 2.46. The molecule has 19 heavy (non-hydrogen) atoms. The zero-order chi connectivity index (χ0) is 13.4. The SMILES string of the molecule is Cc1ccc(C(=O)C2CC3CCCC(C2)N3C)cc1. The molecule has 2 fully saturated rings. The highest BCUT2D eigenvalue weighted by Crippen LogP contribution is 2.37. The minimum Gasteiger partial charge on any atom is -0.300 e. The Labute approximate surface area is 115 Å². The number of aryl methyl sites for hydroxylation is 1. The van der Waals surface area contributed by atoms with Crippen LogP contribution in [0.15, 0.2) is 24.3 Å². The van der Waals surface area contributed by atoms with Gasteiger partial charge in [0.1, 0.15) is 0 Å². The van der Waals surface area contributed by atoms with Crippen molar-refractivity contribution in [2.24, 2.45) is 5.92 Å². The monoisotopic (exact) mass is 257 g/mol. The van der Waals surface area contributed by atoms with E-state index in [0.717, 1.165) is 18.4 Å². The summed E-state index contributed by atoms with van der Waals surface area (Å²) in [6, 6.07) is 9.34. The van der Waals surface area contributed by atoms with E-state index >= 15 is 0 Å². The molecule has 0 aliphatic carbocycles. The van der Waals surface area contributed by atoms with Crippen molar-refractivity contribution in [3.63, 3.8) is 0 Å². The molecular weight excluding hydrogens is 234 g/mol. The van der Waals surface area contributed by atoms with E-state index in [1.165, 1.54) is 24.8 Å². The highest BCUT2D eigenvalue weighted by Gasteiger charge is 2.38. The lowest BCUT2D eigenvalue weighted by molar-refractivity contribution is 0.0338. The van der Waals surface area contributed by atoms with Crippen LogP contribution in [0.1, 0.15) is 48.0 Å². The van der Waals surface area contributed by atoms with E-state index in [1.54, 1.807) is 0 Å². The van der Waals surface area contributed by atoms with E-state index in [0.29, 0.717) is 17.9 Å². The van der Waals surface area contributed by atoms with E-state index in [9.17, 15) is 4.79 Å². The quantitative estimate of drug-likeness (QED) is 0.756. The number of hydrogen-bond acceptors (Lipinski definition) is 2. The number of nitrogens with zero attached hydrogens (tertiary/aromatic N) is 1. The molecule has 2 heteroatoms. The van der Waals surface area contributed by atoms with Gasteiger partial charge in [-0.1, -0.05) is 36.2 Å².